The summed E-state index contributed by atoms with van der Waals surface area (Å²) in [6.07, 6.45) is 0. The maximum absolute atomic E-state index is 7.00. The Morgan fingerprint density at radius 2 is 1.67 bits per heavy atom. The molecule has 0 amide bonds. The summed E-state index contributed by atoms with van der Waals surface area (Å²) in [5.41, 5.74) is -0.229. The Bertz CT molecular complexity index is 173. The Balaban J connectivity index is 4.07. The molecule has 0 rings (SSSR count). The van der Waals surface area contributed by atoms with E-state index >= 15 is 0 Å². The number of hydrogen-bond donors (Lipinski definition) is 4. The third kappa shape index (κ3) is 7.87. The molecule has 0 aliphatic heterocycles. The third-order valence-electron chi connectivity index (χ3n) is 0.467. The third-order valence-corrected chi connectivity index (χ3v) is 1.40. The van der Waals surface area contributed by atoms with Crippen molar-refractivity contribution < 1.29 is 0 Å². The zero-order chi connectivity index (χ0) is 7.71. The number of nitrogens with one attached hydrogen (secondary N) is 3. The summed E-state index contributed by atoms with van der Waals surface area (Å²) in [4.78, 5) is 0. The predicted molar refractivity (Wildman–Crippen MR) is 39.9 cm³/mol. The maximum Gasteiger partial charge on any atom is 0.0543 e. The molecular formula is C4H14N4S. The van der Waals surface area contributed by atoms with Crippen LogP contribution in [0.5, 0.6) is 0 Å². The first-order chi connectivity index (χ1) is 3.71. The molecule has 0 unspecified atom stereocenters. The Kier molecular flexibility index (Phi) is 2.21. The smallest absolute Gasteiger partial charge is 0.0543 e. The quantitative estimate of drug-likeness (QED) is 0.446. The first-order valence-corrected chi connectivity index (χ1v) is 4.29. The van der Waals surface area contributed by atoms with E-state index in [4.69, 9.17) is 14.7 Å². The lowest BCUT2D eigenvalue weighted by Gasteiger charge is -2.21. The molecule has 0 aromatic heterocycles. The van der Waals surface area contributed by atoms with Crippen molar-refractivity contribution in [2.45, 2.75) is 26.3 Å². The van der Waals surface area contributed by atoms with Crippen LogP contribution in [0.25, 0.3) is 0 Å². The second-order valence-corrected chi connectivity index (χ2v) is 4.54. The fourth-order valence-corrected chi connectivity index (χ4v) is 1.45. The van der Waals surface area contributed by atoms with Crippen molar-refractivity contribution >= 4 is 9.99 Å². The highest BCUT2D eigenvalue weighted by molar-refractivity contribution is 7.89. The van der Waals surface area contributed by atoms with Crippen molar-refractivity contribution in [1.82, 2.24) is 4.72 Å². The van der Waals surface area contributed by atoms with Crippen LogP contribution in [0.4, 0.5) is 0 Å². The normalized spacial score (nSPS) is 13.8. The average molecular weight is 150 g/mol. The molecule has 0 radical (unpaired) electrons. The summed E-state index contributed by atoms with van der Waals surface area (Å²) in [5, 5.41) is 5.13. The first kappa shape index (κ1) is 8.87. The van der Waals surface area contributed by atoms with Crippen molar-refractivity contribution in [3.05, 3.63) is 0 Å². The average Bonchev–Trinajstić information content (AvgIpc) is 1.14. The summed E-state index contributed by atoms with van der Waals surface area (Å²) < 4.78 is 16.7. The van der Waals surface area contributed by atoms with E-state index in [0.29, 0.717) is 0 Å². The highest BCUT2D eigenvalue weighted by atomic mass is 32.2. The van der Waals surface area contributed by atoms with Crippen molar-refractivity contribution in [2.75, 3.05) is 0 Å². The second-order valence-electron chi connectivity index (χ2n) is 3.01. The van der Waals surface area contributed by atoms with Gasteiger partial charge in [0.1, 0.15) is 0 Å². The molecule has 5 heteroatoms. The fourth-order valence-electron chi connectivity index (χ4n) is 0.483. The van der Waals surface area contributed by atoms with Crippen LogP contribution in [0.3, 0.4) is 0 Å². The van der Waals surface area contributed by atoms with Gasteiger partial charge < -0.3 is 0 Å². The van der Waals surface area contributed by atoms with Crippen LogP contribution in [0, 0.1) is 9.56 Å². The van der Waals surface area contributed by atoms with Crippen LogP contribution < -0.4 is 9.86 Å². The fraction of sp³-hybridized carbons (Fsp3) is 1.00. The van der Waals surface area contributed by atoms with Gasteiger partial charge in [-0.3, -0.25) is 0 Å². The van der Waals surface area contributed by atoms with E-state index in [2.05, 4.69) is 4.72 Å². The lowest BCUT2D eigenvalue weighted by Crippen LogP contribution is -2.42. The van der Waals surface area contributed by atoms with E-state index < -0.39 is 9.99 Å². The zero-order valence-corrected chi connectivity index (χ0v) is 6.80. The van der Waals surface area contributed by atoms with Crippen LogP contribution in [0.1, 0.15) is 20.8 Å². The molecule has 0 aromatic rings. The summed E-state index contributed by atoms with van der Waals surface area (Å²) in [6, 6.07) is 0. The van der Waals surface area contributed by atoms with Gasteiger partial charge >= 0.3 is 0 Å². The van der Waals surface area contributed by atoms with Gasteiger partial charge in [0.05, 0.1) is 9.99 Å². The molecule has 0 aromatic carbocycles. The van der Waals surface area contributed by atoms with E-state index in [-0.39, 0.29) is 5.54 Å². The molecule has 0 spiro atoms. The highest BCUT2D eigenvalue weighted by Crippen LogP contribution is 1.99. The Morgan fingerprint density at radius 1 is 1.33 bits per heavy atom. The molecule has 0 saturated carbocycles. The molecule has 56 valence electrons. The molecule has 9 heavy (non-hydrogen) atoms. The van der Waals surface area contributed by atoms with Crippen LogP contribution in [0.15, 0.2) is 0 Å². The van der Waals surface area contributed by atoms with Crippen molar-refractivity contribution in [3.63, 3.8) is 0 Å². The van der Waals surface area contributed by atoms with Crippen molar-refractivity contribution in [2.24, 2.45) is 5.14 Å². The van der Waals surface area contributed by atoms with E-state index in [1.807, 2.05) is 20.8 Å². The highest BCUT2D eigenvalue weighted by Gasteiger charge is 2.10. The monoisotopic (exact) mass is 150 g/mol. The molecule has 0 aliphatic carbocycles. The molecule has 5 N–H and O–H groups in total. The summed E-state index contributed by atoms with van der Waals surface area (Å²) in [7, 11) is -2.53. The molecule has 0 bridgehead atoms. The summed E-state index contributed by atoms with van der Waals surface area (Å²) in [5.74, 6) is 0. The summed E-state index contributed by atoms with van der Waals surface area (Å²) in [6.45, 7) is 5.64. The van der Waals surface area contributed by atoms with Gasteiger partial charge in [0.15, 0.2) is 0 Å². The zero-order valence-electron chi connectivity index (χ0n) is 5.99. The van der Waals surface area contributed by atoms with Gasteiger partial charge in [-0.2, -0.15) is 0 Å². The van der Waals surface area contributed by atoms with Crippen LogP contribution in [-0.4, -0.2) is 5.54 Å². The Labute approximate surface area is 56.5 Å². The lowest BCUT2D eigenvalue weighted by molar-refractivity contribution is 0.530. The van der Waals surface area contributed by atoms with E-state index in [9.17, 15) is 0 Å². The molecule has 0 fully saturated rings. The first-order valence-electron chi connectivity index (χ1n) is 2.60. The number of nitrogens with two attached hydrogens (primary N) is 1. The van der Waals surface area contributed by atoms with E-state index in [1.54, 1.807) is 0 Å². The molecule has 0 aliphatic rings. The van der Waals surface area contributed by atoms with Crippen molar-refractivity contribution in [1.29, 1.82) is 9.56 Å². The largest absolute Gasteiger partial charge is 0.249 e. The van der Waals surface area contributed by atoms with Crippen molar-refractivity contribution in [3.8, 4) is 0 Å². The van der Waals surface area contributed by atoms with Gasteiger partial charge in [-0.25, -0.2) is 19.4 Å². The molecule has 0 saturated heterocycles. The van der Waals surface area contributed by atoms with Gasteiger partial charge in [0, 0.05) is 5.54 Å². The summed E-state index contributed by atoms with van der Waals surface area (Å²) >= 11 is 0. The van der Waals surface area contributed by atoms with Gasteiger partial charge in [0.2, 0.25) is 0 Å². The van der Waals surface area contributed by atoms with Crippen LogP contribution in [-0.2, 0) is 9.99 Å². The van der Waals surface area contributed by atoms with Crippen LogP contribution in [0.2, 0.25) is 0 Å². The van der Waals surface area contributed by atoms with E-state index in [0.717, 1.165) is 0 Å². The van der Waals surface area contributed by atoms with Gasteiger partial charge in [0.25, 0.3) is 0 Å². The van der Waals surface area contributed by atoms with Crippen LogP contribution >= 0.6 is 0 Å². The van der Waals surface area contributed by atoms with Gasteiger partial charge in [-0.15, -0.1) is 0 Å². The second kappa shape index (κ2) is 2.24. The minimum Gasteiger partial charge on any atom is -0.249 e. The molecule has 0 heterocycles. The Hall–Kier alpha value is -0.130. The van der Waals surface area contributed by atoms with Gasteiger partial charge in [-0.05, 0) is 20.8 Å². The number of rotatable bonds is 1. The topological polar surface area (TPSA) is 85.8 Å². The molecule has 4 nitrogen and oxygen atoms in total. The van der Waals surface area contributed by atoms with Gasteiger partial charge in [-0.1, -0.05) is 0 Å². The lowest BCUT2D eigenvalue weighted by atomic mass is 10.1. The minimum absolute atomic E-state index is 0.229. The maximum atomic E-state index is 7.00. The predicted octanol–water partition coefficient (Wildman–Crippen LogP) is 0.842. The van der Waals surface area contributed by atoms with E-state index in [1.165, 1.54) is 0 Å². The molecular weight excluding hydrogens is 136 g/mol. The number of hydrogen-bond acceptors (Lipinski definition) is 2. The SMILES string of the molecule is CC(C)(C)NS(=N)(=N)N. The standard InChI is InChI=1S/C4H14N4S/c1-4(2,3)8-9(5,6)7/h1-3H3,(H5,5,6,7,8). The minimum atomic E-state index is -2.53. The molecule has 0 atom stereocenters. The Morgan fingerprint density at radius 3 is 1.67 bits per heavy atom.